The highest BCUT2D eigenvalue weighted by Crippen LogP contribution is 2.40. The second kappa shape index (κ2) is 9.49. The van der Waals surface area contributed by atoms with E-state index in [9.17, 15) is 4.79 Å². The van der Waals surface area contributed by atoms with Gasteiger partial charge in [-0.3, -0.25) is 4.79 Å². The Bertz CT molecular complexity index is 1240. The summed E-state index contributed by atoms with van der Waals surface area (Å²) in [6, 6.07) is 14.5. The second-order valence-electron chi connectivity index (χ2n) is 8.15. The molecule has 0 radical (unpaired) electrons. The molecular weight excluding hydrogens is 416 g/mol. The van der Waals surface area contributed by atoms with Crippen LogP contribution in [0.5, 0.6) is 0 Å². The first kappa shape index (κ1) is 22.0. The van der Waals surface area contributed by atoms with Crippen LogP contribution in [0.1, 0.15) is 34.4 Å². The van der Waals surface area contributed by atoms with Crippen molar-refractivity contribution in [2.24, 2.45) is 0 Å². The summed E-state index contributed by atoms with van der Waals surface area (Å²) in [5.41, 5.74) is 6.66. The summed E-state index contributed by atoms with van der Waals surface area (Å²) in [6.45, 7) is 8.92. The van der Waals surface area contributed by atoms with E-state index in [2.05, 4.69) is 58.7 Å². The minimum Gasteiger partial charge on any atom is -0.369 e. The number of fused-ring (bicyclic) bond motifs is 1. The summed E-state index contributed by atoms with van der Waals surface area (Å²) >= 11 is 1.68. The van der Waals surface area contributed by atoms with E-state index in [-0.39, 0.29) is 5.91 Å². The molecule has 0 aliphatic heterocycles. The molecule has 0 aliphatic rings. The Balaban J connectivity index is 1.43. The number of carbonyl (C=O) groups excluding carboxylic acids is 1. The topological polar surface area (TPSA) is 66.9 Å². The molecule has 0 aliphatic carbocycles. The Morgan fingerprint density at radius 2 is 1.72 bits per heavy atom. The van der Waals surface area contributed by atoms with Gasteiger partial charge in [-0.15, -0.1) is 11.3 Å². The zero-order valence-electron chi connectivity index (χ0n) is 19.0. The molecule has 6 heteroatoms. The standard InChI is InChI=1S/C26H28N4OS/c1-16-13-17(2)24(18(3)14-16)30-21(31)11-8-12-27-25-23-22(20-9-6-5-7-10-20)19(4)32-26(23)29-15-28-25/h5-7,9-10,13-15H,8,11-12H2,1-4H3,(H,30,31)(H,27,28,29). The Hall–Kier alpha value is -3.25. The molecule has 0 bridgehead atoms. The van der Waals surface area contributed by atoms with Gasteiger partial charge in [0.25, 0.3) is 0 Å². The van der Waals surface area contributed by atoms with Crippen molar-refractivity contribution in [2.45, 2.75) is 40.5 Å². The van der Waals surface area contributed by atoms with Crippen LogP contribution in [0, 0.1) is 27.7 Å². The van der Waals surface area contributed by atoms with Gasteiger partial charge in [0.05, 0.1) is 5.39 Å². The Morgan fingerprint density at radius 1 is 1.00 bits per heavy atom. The van der Waals surface area contributed by atoms with Gasteiger partial charge in [-0.05, 0) is 50.8 Å². The molecule has 1 amide bonds. The summed E-state index contributed by atoms with van der Waals surface area (Å²) in [5.74, 6) is 0.856. The molecule has 0 spiro atoms. The number of nitrogens with zero attached hydrogens (tertiary/aromatic N) is 2. The average molecular weight is 445 g/mol. The number of benzene rings is 2. The van der Waals surface area contributed by atoms with Crippen molar-refractivity contribution >= 4 is 39.0 Å². The number of hydrogen-bond donors (Lipinski definition) is 2. The van der Waals surface area contributed by atoms with Crippen molar-refractivity contribution in [1.29, 1.82) is 0 Å². The van der Waals surface area contributed by atoms with E-state index in [4.69, 9.17) is 0 Å². The lowest BCUT2D eigenvalue weighted by Gasteiger charge is -2.13. The van der Waals surface area contributed by atoms with E-state index in [0.29, 0.717) is 19.4 Å². The quantitative estimate of drug-likeness (QED) is 0.323. The van der Waals surface area contributed by atoms with Gasteiger partial charge in [0.1, 0.15) is 17.0 Å². The van der Waals surface area contributed by atoms with Crippen LogP contribution in [0.3, 0.4) is 0 Å². The summed E-state index contributed by atoms with van der Waals surface area (Å²) < 4.78 is 0. The Kier molecular flexibility index (Phi) is 6.51. The van der Waals surface area contributed by atoms with Crippen molar-refractivity contribution < 1.29 is 4.79 Å². The molecule has 2 heterocycles. The third-order valence-corrected chi connectivity index (χ3v) is 6.55. The lowest BCUT2D eigenvalue weighted by atomic mass is 10.0. The molecule has 0 unspecified atom stereocenters. The van der Waals surface area contributed by atoms with Gasteiger partial charge >= 0.3 is 0 Å². The van der Waals surface area contributed by atoms with Gasteiger partial charge in [-0.1, -0.05) is 48.0 Å². The van der Waals surface area contributed by atoms with Crippen LogP contribution in [0.25, 0.3) is 21.3 Å². The van der Waals surface area contributed by atoms with Crippen molar-refractivity contribution in [3.63, 3.8) is 0 Å². The largest absolute Gasteiger partial charge is 0.369 e. The van der Waals surface area contributed by atoms with Crippen LogP contribution < -0.4 is 10.6 Å². The first-order valence-electron chi connectivity index (χ1n) is 10.8. The molecule has 32 heavy (non-hydrogen) atoms. The number of aryl methyl sites for hydroxylation is 4. The number of amides is 1. The van der Waals surface area contributed by atoms with Gasteiger partial charge in [0.2, 0.25) is 5.91 Å². The second-order valence-corrected chi connectivity index (χ2v) is 9.36. The number of anilines is 2. The maximum absolute atomic E-state index is 12.5. The number of thiophene rings is 1. The molecule has 4 rings (SSSR count). The van der Waals surface area contributed by atoms with E-state index in [1.54, 1.807) is 17.7 Å². The molecule has 2 aromatic heterocycles. The van der Waals surface area contributed by atoms with Gasteiger partial charge in [0, 0.05) is 29.1 Å². The molecule has 2 aromatic carbocycles. The monoisotopic (exact) mass is 444 g/mol. The summed E-state index contributed by atoms with van der Waals surface area (Å²) in [6.07, 6.45) is 2.76. The summed E-state index contributed by atoms with van der Waals surface area (Å²) in [7, 11) is 0. The first-order valence-corrected chi connectivity index (χ1v) is 11.7. The highest BCUT2D eigenvalue weighted by Gasteiger charge is 2.16. The minimum absolute atomic E-state index is 0.0334. The molecule has 0 saturated carbocycles. The fourth-order valence-electron chi connectivity index (χ4n) is 4.17. The van der Waals surface area contributed by atoms with Gasteiger partial charge in [0.15, 0.2) is 0 Å². The Labute approximate surface area is 192 Å². The highest BCUT2D eigenvalue weighted by atomic mass is 32.1. The Morgan fingerprint density at radius 3 is 2.44 bits per heavy atom. The molecule has 0 fully saturated rings. The van der Waals surface area contributed by atoms with Crippen molar-refractivity contribution in [3.8, 4) is 11.1 Å². The molecule has 164 valence electrons. The minimum atomic E-state index is 0.0334. The van der Waals surface area contributed by atoms with Crippen LogP contribution in [-0.2, 0) is 4.79 Å². The maximum Gasteiger partial charge on any atom is 0.224 e. The van der Waals surface area contributed by atoms with Crippen LogP contribution >= 0.6 is 11.3 Å². The lowest BCUT2D eigenvalue weighted by Crippen LogP contribution is -2.15. The first-order chi connectivity index (χ1) is 15.4. The van der Waals surface area contributed by atoms with E-state index >= 15 is 0 Å². The van der Waals surface area contributed by atoms with Gasteiger partial charge in [-0.25, -0.2) is 9.97 Å². The van der Waals surface area contributed by atoms with Gasteiger partial charge < -0.3 is 10.6 Å². The fraction of sp³-hybridized carbons (Fsp3) is 0.269. The summed E-state index contributed by atoms with van der Waals surface area (Å²) in [4.78, 5) is 23.7. The van der Waals surface area contributed by atoms with Crippen molar-refractivity contribution in [3.05, 3.63) is 70.4 Å². The van der Waals surface area contributed by atoms with Crippen LogP contribution in [0.4, 0.5) is 11.5 Å². The fourth-order valence-corrected chi connectivity index (χ4v) is 5.18. The molecule has 4 aromatic rings. The molecule has 2 N–H and O–H groups in total. The van der Waals surface area contributed by atoms with Crippen molar-refractivity contribution in [2.75, 3.05) is 17.2 Å². The number of aromatic nitrogens is 2. The normalized spacial score (nSPS) is 11.0. The number of hydrogen-bond acceptors (Lipinski definition) is 5. The number of carbonyl (C=O) groups is 1. The average Bonchev–Trinajstić information content (AvgIpc) is 3.11. The third-order valence-electron chi connectivity index (χ3n) is 5.54. The smallest absolute Gasteiger partial charge is 0.224 e. The molecular formula is C26H28N4OS. The highest BCUT2D eigenvalue weighted by molar-refractivity contribution is 7.19. The SMILES string of the molecule is Cc1cc(C)c(NC(=O)CCCNc2ncnc3sc(C)c(-c4ccccc4)c23)c(C)c1. The van der Waals surface area contributed by atoms with E-state index in [0.717, 1.165) is 38.4 Å². The zero-order chi connectivity index (χ0) is 22.7. The molecule has 0 saturated heterocycles. The summed E-state index contributed by atoms with van der Waals surface area (Å²) in [5, 5.41) is 7.57. The van der Waals surface area contributed by atoms with Gasteiger partial charge in [-0.2, -0.15) is 0 Å². The predicted octanol–water partition coefficient (Wildman–Crippen LogP) is 6.42. The van der Waals surface area contributed by atoms with Crippen LogP contribution in [0.2, 0.25) is 0 Å². The number of rotatable bonds is 7. The van der Waals surface area contributed by atoms with Crippen molar-refractivity contribution in [1.82, 2.24) is 9.97 Å². The van der Waals surface area contributed by atoms with E-state index < -0.39 is 0 Å². The van der Waals surface area contributed by atoms with Crippen LogP contribution in [-0.4, -0.2) is 22.4 Å². The predicted molar refractivity (Wildman–Crippen MR) is 135 cm³/mol. The van der Waals surface area contributed by atoms with E-state index in [1.165, 1.54) is 16.0 Å². The van der Waals surface area contributed by atoms with E-state index in [1.807, 2.05) is 32.0 Å². The lowest BCUT2D eigenvalue weighted by molar-refractivity contribution is -0.116. The number of nitrogens with one attached hydrogen (secondary N) is 2. The van der Waals surface area contributed by atoms with Crippen LogP contribution in [0.15, 0.2) is 48.8 Å². The molecule has 0 atom stereocenters. The maximum atomic E-state index is 12.5. The zero-order valence-corrected chi connectivity index (χ0v) is 19.8. The third kappa shape index (κ3) is 4.65. The molecule has 5 nitrogen and oxygen atoms in total.